The van der Waals surface area contributed by atoms with E-state index >= 15 is 0 Å². The first-order valence-corrected chi connectivity index (χ1v) is 15.1. The molecule has 1 aliphatic rings. The number of esters is 1. The van der Waals surface area contributed by atoms with Gasteiger partial charge in [-0.05, 0) is 64.5 Å². The Kier molecular flexibility index (Phi) is 8.39. The number of nitrogens with zero attached hydrogens (tertiary/aromatic N) is 1. The highest BCUT2D eigenvalue weighted by atomic mass is 79.9. The fourth-order valence-corrected chi connectivity index (χ4v) is 6.68. The maximum atomic E-state index is 13.5. The van der Waals surface area contributed by atoms with Gasteiger partial charge in [0.25, 0.3) is 5.91 Å². The van der Waals surface area contributed by atoms with Crippen LogP contribution in [0.1, 0.15) is 26.4 Å². The quantitative estimate of drug-likeness (QED) is 0.0778. The van der Waals surface area contributed by atoms with Crippen molar-refractivity contribution in [3.63, 3.8) is 0 Å². The van der Waals surface area contributed by atoms with Gasteiger partial charge in [-0.2, -0.15) is 5.10 Å². The van der Waals surface area contributed by atoms with Gasteiger partial charge in [-0.1, -0.05) is 68.9 Å². The van der Waals surface area contributed by atoms with Crippen LogP contribution in [0.5, 0.6) is 17.2 Å². The van der Waals surface area contributed by atoms with Gasteiger partial charge in [0.1, 0.15) is 5.69 Å². The third-order valence-electron chi connectivity index (χ3n) is 6.39. The van der Waals surface area contributed by atoms with E-state index in [0.29, 0.717) is 63.1 Å². The molecule has 13 heteroatoms. The molecule has 216 valence electrons. The summed E-state index contributed by atoms with van der Waals surface area (Å²) in [7, 11) is 0. The minimum Gasteiger partial charge on any atom is -0.454 e. The molecule has 5 aromatic rings. The molecule has 43 heavy (non-hydrogen) atoms. The van der Waals surface area contributed by atoms with Crippen LogP contribution < -0.4 is 19.6 Å². The lowest BCUT2D eigenvalue weighted by molar-refractivity contribution is 0.0732. The molecule has 0 saturated heterocycles. The van der Waals surface area contributed by atoms with Gasteiger partial charge in [-0.15, -0.1) is 0 Å². The van der Waals surface area contributed by atoms with Crippen LogP contribution in [0.2, 0.25) is 15.1 Å². The molecular weight excluding hydrogens is 749 g/mol. The highest BCUT2D eigenvalue weighted by Crippen LogP contribution is 2.41. The summed E-state index contributed by atoms with van der Waals surface area (Å²) < 4.78 is 17.5. The summed E-state index contributed by atoms with van der Waals surface area (Å²) in [5, 5.41) is 5.92. The van der Waals surface area contributed by atoms with Gasteiger partial charge in [0.15, 0.2) is 17.2 Å². The number of fused-ring (bicyclic) bond motifs is 2. The van der Waals surface area contributed by atoms with Crippen molar-refractivity contribution in [1.82, 2.24) is 10.4 Å². The fourth-order valence-electron chi connectivity index (χ4n) is 4.53. The lowest BCUT2D eigenvalue weighted by atomic mass is 10.0. The number of nitrogens with one attached hydrogen (secondary N) is 2. The van der Waals surface area contributed by atoms with E-state index in [9.17, 15) is 9.59 Å². The molecule has 1 amide bonds. The SMILES string of the molecule is O=C(Oc1c(Br)cc(Br)cc1C=NNC(=O)c1[nH]c2cc(Cl)cc(Cl)c2c1-c1ccccc1Cl)c1ccc2c(c1)OCO2. The standard InChI is InChI=1S/C30H16Br2Cl3N3O5/c31-16-7-15(28(19(32)9-16)43-30(40)14-5-6-23-24(8-14)42-13-41-23)12-36-38-29(39)27-25(18-3-1-2-4-20(18)34)26-21(35)10-17(33)11-22(26)37-27/h1-12,37H,13H2,(H,38,39). The molecule has 4 aromatic carbocycles. The molecule has 0 atom stereocenters. The minimum atomic E-state index is -0.627. The molecular formula is C30H16Br2Cl3N3O5. The van der Waals surface area contributed by atoms with Crippen molar-refractivity contribution >= 4 is 95.7 Å². The van der Waals surface area contributed by atoms with Gasteiger partial charge < -0.3 is 19.2 Å². The Labute approximate surface area is 276 Å². The number of carbonyl (C=O) groups is 2. The molecule has 0 spiro atoms. The van der Waals surface area contributed by atoms with Crippen LogP contribution in [-0.2, 0) is 0 Å². The number of hydrazone groups is 1. The highest BCUT2D eigenvalue weighted by molar-refractivity contribution is 9.11. The van der Waals surface area contributed by atoms with Crippen LogP contribution in [0, 0.1) is 0 Å². The first kappa shape index (κ1) is 29.5. The molecule has 0 unspecified atom stereocenters. The van der Waals surface area contributed by atoms with E-state index in [1.165, 1.54) is 6.21 Å². The smallest absolute Gasteiger partial charge is 0.343 e. The van der Waals surface area contributed by atoms with Gasteiger partial charge >= 0.3 is 5.97 Å². The van der Waals surface area contributed by atoms with Gasteiger partial charge in [-0.3, -0.25) is 4.79 Å². The zero-order valence-electron chi connectivity index (χ0n) is 21.5. The van der Waals surface area contributed by atoms with Crippen molar-refractivity contribution in [2.45, 2.75) is 0 Å². The van der Waals surface area contributed by atoms with Crippen LogP contribution in [-0.4, -0.2) is 29.9 Å². The summed E-state index contributed by atoms with van der Waals surface area (Å²) in [5.41, 5.74) is 5.02. The van der Waals surface area contributed by atoms with Crippen LogP contribution in [0.25, 0.3) is 22.0 Å². The first-order chi connectivity index (χ1) is 20.7. The molecule has 2 N–H and O–H groups in total. The Bertz CT molecular complexity index is 1980. The highest BCUT2D eigenvalue weighted by Gasteiger charge is 2.24. The van der Waals surface area contributed by atoms with E-state index in [0.717, 1.165) is 0 Å². The molecule has 0 aliphatic carbocycles. The van der Waals surface area contributed by atoms with Gasteiger partial charge in [0.2, 0.25) is 6.79 Å². The lowest BCUT2D eigenvalue weighted by Crippen LogP contribution is -2.19. The van der Waals surface area contributed by atoms with E-state index in [-0.39, 0.29) is 23.8 Å². The van der Waals surface area contributed by atoms with Crippen molar-refractivity contribution < 1.29 is 23.8 Å². The molecule has 6 rings (SSSR count). The third kappa shape index (κ3) is 5.98. The second-order valence-electron chi connectivity index (χ2n) is 9.13. The lowest BCUT2D eigenvalue weighted by Gasteiger charge is -2.11. The van der Waals surface area contributed by atoms with Crippen molar-refractivity contribution in [2.24, 2.45) is 5.10 Å². The van der Waals surface area contributed by atoms with E-state index in [1.54, 1.807) is 66.7 Å². The summed E-state index contributed by atoms with van der Waals surface area (Å²) in [5.74, 6) is -0.0123. The largest absolute Gasteiger partial charge is 0.454 e. The second-order valence-corrected chi connectivity index (χ2v) is 12.1. The second kappa shape index (κ2) is 12.2. The summed E-state index contributed by atoms with van der Waals surface area (Å²) in [6.45, 7) is 0.0810. The Morgan fingerprint density at radius 1 is 0.953 bits per heavy atom. The maximum Gasteiger partial charge on any atom is 0.343 e. The molecule has 8 nitrogen and oxygen atoms in total. The number of rotatable bonds is 6. The maximum absolute atomic E-state index is 13.5. The molecule has 1 aromatic heterocycles. The number of benzene rings is 4. The minimum absolute atomic E-state index is 0.0810. The van der Waals surface area contributed by atoms with Crippen LogP contribution >= 0.6 is 66.7 Å². The number of halogens is 5. The average Bonchev–Trinajstić information content (AvgIpc) is 3.59. The van der Waals surface area contributed by atoms with Crippen molar-refractivity contribution in [3.8, 4) is 28.4 Å². The zero-order chi connectivity index (χ0) is 30.2. The Balaban J connectivity index is 1.30. The number of aromatic amines is 1. The Hall–Kier alpha value is -3.54. The molecule has 0 saturated carbocycles. The molecule has 0 bridgehead atoms. The zero-order valence-corrected chi connectivity index (χ0v) is 27.0. The number of H-pyrrole nitrogens is 1. The predicted octanol–water partition coefficient (Wildman–Crippen LogP) is 9.03. The van der Waals surface area contributed by atoms with Crippen LogP contribution in [0.15, 0.2) is 80.8 Å². The number of hydrogen-bond acceptors (Lipinski definition) is 6. The van der Waals surface area contributed by atoms with Crippen LogP contribution in [0.3, 0.4) is 0 Å². The number of hydrogen-bond donors (Lipinski definition) is 2. The van der Waals surface area contributed by atoms with Gasteiger partial charge in [-0.25, -0.2) is 10.2 Å². The predicted molar refractivity (Wildman–Crippen MR) is 173 cm³/mol. The Morgan fingerprint density at radius 2 is 1.74 bits per heavy atom. The van der Waals surface area contributed by atoms with Gasteiger partial charge in [0, 0.05) is 42.1 Å². The fraction of sp³-hybridized carbons (Fsp3) is 0.0333. The normalized spacial score (nSPS) is 12.2. The summed E-state index contributed by atoms with van der Waals surface area (Å²) in [6, 6.07) is 18.5. The number of carbonyl (C=O) groups excluding carboxylic acids is 2. The first-order valence-electron chi connectivity index (χ1n) is 12.4. The average molecular weight is 765 g/mol. The van der Waals surface area contributed by atoms with Crippen molar-refractivity contribution in [1.29, 1.82) is 0 Å². The molecule has 0 fully saturated rings. The van der Waals surface area contributed by atoms with E-state index in [1.807, 2.05) is 0 Å². The number of amides is 1. The molecule has 2 heterocycles. The number of ether oxygens (including phenoxy) is 3. The molecule has 1 aliphatic heterocycles. The molecule has 0 radical (unpaired) electrons. The Morgan fingerprint density at radius 3 is 2.56 bits per heavy atom. The van der Waals surface area contributed by atoms with Crippen LogP contribution in [0.4, 0.5) is 0 Å². The van der Waals surface area contributed by atoms with E-state index in [4.69, 9.17) is 49.0 Å². The summed E-state index contributed by atoms with van der Waals surface area (Å²) in [4.78, 5) is 29.6. The monoisotopic (exact) mass is 761 g/mol. The van der Waals surface area contributed by atoms with Crippen molar-refractivity contribution in [3.05, 3.63) is 108 Å². The third-order valence-corrected chi connectivity index (χ3v) is 8.29. The summed E-state index contributed by atoms with van der Waals surface area (Å²) >= 11 is 26.2. The summed E-state index contributed by atoms with van der Waals surface area (Å²) in [6.07, 6.45) is 1.36. The van der Waals surface area contributed by atoms with Crippen molar-refractivity contribution in [2.75, 3.05) is 6.79 Å². The van der Waals surface area contributed by atoms with Gasteiger partial charge in [0.05, 0.1) is 21.3 Å². The number of aromatic nitrogens is 1. The van der Waals surface area contributed by atoms with E-state index < -0.39 is 11.9 Å². The van der Waals surface area contributed by atoms with E-state index in [2.05, 4.69) is 47.4 Å². The topological polar surface area (TPSA) is 102 Å².